The number of aromatic nitrogens is 5. The standard InChI is InChI=1S/C21H19N5O4S/c1-4-25-10-9-13(24-25)14-11-12(20(28)30-3)17-18(22-14)26(21(31)23-19(17)27)15-7-5-6-8-16(15)29-2/h5-11H,4H2,1-3H3,(H,23,27,31). The molecule has 1 aromatic carbocycles. The van der Waals surface area contributed by atoms with Crippen molar-refractivity contribution in [1.82, 2.24) is 24.3 Å². The van der Waals surface area contributed by atoms with Gasteiger partial charge in [-0.3, -0.25) is 19.0 Å². The van der Waals surface area contributed by atoms with E-state index in [1.165, 1.54) is 20.3 Å². The van der Waals surface area contributed by atoms with Crippen LogP contribution in [0, 0.1) is 4.77 Å². The normalized spacial score (nSPS) is 10.9. The van der Waals surface area contributed by atoms with Gasteiger partial charge in [0, 0.05) is 12.7 Å². The van der Waals surface area contributed by atoms with Crippen LogP contribution in [0.25, 0.3) is 28.1 Å². The van der Waals surface area contributed by atoms with Crippen LogP contribution in [0.4, 0.5) is 0 Å². The van der Waals surface area contributed by atoms with Gasteiger partial charge in [-0.25, -0.2) is 9.78 Å². The van der Waals surface area contributed by atoms with Crippen LogP contribution in [0.3, 0.4) is 0 Å². The van der Waals surface area contributed by atoms with Crippen molar-refractivity contribution in [3.05, 3.63) is 63.3 Å². The highest BCUT2D eigenvalue weighted by atomic mass is 32.1. The molecule has 0 aliphatic carbocycles. The summed E-state index contributed by atoms with van der Waals surface area (Å²) in [5.74, 6) is -0.146. The number of aromatic amines is 1. The van der Waals surface area contributed by atoms with E-state index in [0.717, 1.165) is 0 Å². The molecule has 0 amide bonds. The zero-order valence-electron chi connectivity index (χ0n) is 17.1. The number of aryl methyl sites for hydroxylation is 1. The number of H-pyrrole nitrogens is 1. The smallest absolute Gasteiger partial charge is 0.338 e. The number of esters is 1. The first-order chi connectivity index (χ1) is 15.0. The number of nitrogens with zero attached hydrogens (tertiary/aromatic N) is 4. The molecule has 0 aliphatic rings. The van der Waals surface area contributed by atoms with Crippen molar-refractivity contribution in [2.75, 3.05) is 14.2 Å². The molecule has 3 heterocycles. The molecule has 4 aromatic rings. The number of para-hydroxylation sites is 2. The average molecular weight is 437 g/mol. The predicted molar refractivity (Wildman–Crippen MR) is 117 cm³/mol. The third-order valence-corrected chi connectivity index (χ3v) is 5.11. The lowest BCUT2D eigenvalue weighted by Gasteiger charge is -2.15. The number of ether oxygens (including phenoxy) is 2. The second-order valence-corrected chi connectivity index (χ2v) is 6.96. The quantitative estimate of drug-likeness (QED) is 0.378. The van der Waals surface area contributed by atoms with Gasteiger partial charge < -0.3 is 9.47 Å². The summed E-state index contributed by atoms with van der Waals surface area (Å²) in [6.45, 7) is 2.64. The van der Waals surface area contributed by atoms with E-state index >= 15 is 0 Å². The number of fused-ring (bicyclic) bond motifs is 1. The minimum Gasteiger partial charge on any atom is -0.495 e. The van der Waals surface area contributed by atoms with Gasteiger partial charge in [0.05, 0.1) is 36.6 Å². The van der Waals surface area contributed by atoms with Gasteiger partial charge in [0.1, 0.15) is 11.4 Å². The molecule has 0 spiro atoms. The van der Waals surface area contributed by atoms with Crippen LogP contribution in [0.2, 0.25) is 0 Å². The van der Waals surface area contributed by atoms with Gasteiger partial charge in [0.25, 0.3) is 5.56 Å². The van der Waals surface area contributed by atoms with Crippen LogP contribution in [0.15, 0.2) is 47.4 Å². The Morgan fingerprint density at radius 3 is 2.65 bits per heavy atom. The fraction of sp³-hybridized carbons (Fsp3) is 0.190. The Morgan fingerprint density at radius 1 is 1.19 bits per heavy atom. The fourth-order valence-corrected chi connectivity index (χ4v) is 3.62. The Bertz CT molecular complexity index is 1420. The first-order valence-corrected chi connectivity index (χ1v) is 9.85. The number of nitrogens with one attached hydrogen (secondary N) is 1. The molecular weight excluding hydrogens is 418 g/mol. The number of hydrogen-bond donors (Lipinski definition) is 1. The molecule has 0 atom stereocenters. The van der Waals surface area contributed by atoms with Crippen LogP contribution in [-0.4, -0.2) is 44.5 Å². The van der Waals surface area contributed by atoms with E-state index in [-0.39, 0.29) is 21.4 Å². The first-order valence-electron chi connectivity index (χ1n) is 9.44. The van der Waals surface area contributed by atoms with Gasteiger partial charge in [-0.15, -0.1) is 0 Å². The lowest BCUT2D eigenvalue weighted by atomic mass is 10.1. The minimum atomic E-state index is -0.669. The molecule has 1 N–H and O–H groups in total. The third kappa shape index (κ3) is 3.50. The third-order valence-electron chi connectivity index (χ3n) is 4.82. The van der Waals surface area contributed by atoms with Crippen LogP contribution >= 0.6 is 12.2 Å². The number of benzene rings is 1. The summed E-state index contributed by atoms with van der Waals surface area (Å²) < 4.78 is 13.8. The summed E-state index contributed by atoms with van der Waals surface area (Å²) >= 11 is 5.45. The van der Waals surface area contributed by atoms with Crippen LogP contribution in [0.1, 0.15) is 17.3 Å². The van der Waals surface area contributed by atoms with Crippen molar-refractivity contribution in [3.63, 3.8) is 0 Å². The molecule has 0 aliphatic heterocycles. The molecule has 0 saturated heterocycles. The van der Waals surface area contributed by atoms with Crippen molar-refractivity contribution in [3.8, 4) is 22.8 Å². The maximum atomic E-state index is 12.8. The van der Waals surface area contributed by atoms with E-state index < -0.39 is 11.5 Å². The Hall–Kier alpha value is -3.79. The van der Waals surface area contributed by atoms with Gasteiger partial charge in [0.15, 0.2) is 10.4 Å². The largest absolute Gasteiger partial charge is 0.495 e. The molecule has 10 heteroatoms. The van der Waals surface area contributed by atoms with Gasteiger partial charge in [-0.1, -0.05) is 12.1 Å². The summed E-state index contributed by atoms with van der Waals surface area (Å²) in [4.78, 5) is 32.7. The second kappa shape index (κ2) is 8.15. The molecule has 9 nitrogen and oxygen atoms in total. The van der Waals surface area contributed by atoms with Crippen molar-refractivity contribution in [2.45, 2.75) is 13.5 Å². The molecule has 31 heavy (non-hydrogen) atoms. The highest BCUT2D eigenvalue weighted by Gasteiger charge is 2.22. The highest BCUT2D eigenvalue weighted by Crippen LogP contribution is 2.28. The molecule has 0 unspecified atom stereocenters. The monoisotopic (exact) mass is 437 g/mol. The topological polar surface area (TPSA) is 104 Å². The van der Waals surface area contributed by atoms with Crippen molar-refractivity contribution >= 4 is 29.2 Å². The number of carbonyl (C=O) groups is 1. The number of carbonyl (C=O) groups excluding carboxylic acids is 1. The molecule has 0 saturated carbocycles. The van der Waals surface area contributed by atoms with Crippen LogP contribution < -0.4 is 10.3 Å². The Kier molecular flexibility index (Phi) is 5.38. The first kappa shape index (κ1) is 20.5. The number of pyridine rings is 1. The van der Waals surface area contributed by atoms with E-state index in [2.05, 4.69) is 15.1 Å². The average Bonchev–Trinajstić information content (AvgIpc) is 3.27. The molecule has 0 radical (unpaired) electrons. The molecule has 0 bridgehead atoms. The summed E-state index contributed by atoms with van der Waals surface area (Å²) in [5.41, 5.74) is 1.24. The molecule has 3 aromatic heterocycles. The number of hydrogen-bond acceptors (Lipinski definition) is 7. The van der Waals surface area contributed by atoms with E-state index in [9.17, 15) is 9.59 Å². The van der Waals surface area contributed by atoms with E-state index in [1.807, 2.05) is 25.3 Å². The minimum absolute atomic E-state index is 0.0602. The summed E-state index contributed by atoms with van der Waals surface area (Å²) in [5, 5.41) is 4.53. The lowest BCUT2D eigenvalue weighted by molar-refractivity contribution is 0.0603. The van der Waals surface area contributed by atoms with Gasteiger partial charge in [-0.2, -0.15) is 5.10 Å². The second-order valence-electron chi connectivity index (χ2n) is 6.57. The zero-order chi connectivity index (χ0) is 22.1. The summed E-state index contributed by atoms with van der Waals surface area (Å²) in [6, 6.07) is 10.5. The zero-order valence-corrected chi connectivity index (χ0v) is 17.9. The number of methoxy groups -OCH3 is 2. The van der Waals surface area contributed by atoms with Crippen molar-refractivity contribution in [2.24, 2.45) is 0 Å². The maximum Gasteiger partial charge on any atom is 0.338 e. The van der Waals surface area contributed by atoms with Crippen molar-refractivity contribution in [1.29, 1.82) is 0 Å². The van der Waals surface area contributed by atoms with E-state index in [0.29, 0.717) is 29.4 Å². The Balaban J connectivity index is 2.16. The van der Waals surface area contributed by atoms with Crippen LogP contribution in [-0.2, 0) is 11.3 Å². The van der Waals surface area contributed by atoms with Gasteiger partial charge in [-0.05, 0) is 43.4 Å². The Morgan fingerprint density at radius 2 is 1.97 bits per heavy atom. The SMILES string of the molecule is CCn1ccc(-c2cc(C(=O)OC)c3c(=O)[nH]c(=S)n(-c4ccccc4OC)c3n2)n1. The maximum absolute atomic E-state index is 12.8. The van der Waals surface area contributed by atoms with Gasteiger partial charge >= 0.3 is 5.97 Å². The van der Waals surface area contributed by atoms with E-state index in [1.54, 1.807) is 27.4 Å². The van der Waals surface area contributed by atoms with Crippen LogP contribution in [0.5, 0.6) is 5.75 Å². The molecule has 158 valence electrons. The fourth-order valence-electron chi connectivity index (χ4n) is 3.34. The molecular formula is C21H19N5O4S. The predicted octanol–water partition coefficient (Wildman–Crippen LogP) is 3.12. The van der Waals surface area contributed by atoms with Crippen molar-refractivity contribution < 1.29 is 14.3 Å². The van der Waals surface area contributed by atoms with E-state index in [4.69, 9.17) is 21.7 Å². The number of rotatable bonds is 5. The van der Waals surface area contributed by atoms with Gasteiger partial charge in [0.2, 0.25) is 0 Å². The highest BCUT2D eigenvalue weighted by molar-refractivity contribution is 7.71. The Labute approximate surface area is 181 Å². The summed E-state index contributed by atoms with van der Waals surface area (Å²) in [6.07, 6.45) is 1.81. The molecule has 0 fully saturated rings. The summed E-state index contributed by atoms with van der Waals surface area (Å²) in [7, 11) is 2.79. The molecule has 4 rings (SSSR count). The lowest BCUT2D eigenvalue weighted by Crippen LogP contribution is -2.19.